The number of amides is 1. The zero-order valence-corrected chi connectivity index (χ0v) is 35.7. The molecule has 10 nitrogen and oxygen atoms in total. The first kappa shape index (κ1) is 44.5. The smallest absolute Gasteiger partial charge is 0.407 e. The SMILES string of the molecule is C.NC(Cc1cccc(Cl)c1)C1CCN(c2ncccn2)CC1.O=C(NC(Cc1cccc(Cl)c1)C1CCN(c2ncccn2)CC1)OCC1c2ccccc2-c2ccccc21. The van der Waals surface area contributed by atoms with Crippen molar-refractivity contribution in [3.63, 3.8) is 0 Å². The summed E-state index contributed by atoms with van der Waals surface area (Å²) in [6.07, 6.45) is 12.3. The van der Waals surface area contributed by atoms with Crippen LogP contribution in [0.25, 0.3) is 11.1 Å². The monoisotopic (exact) mass is 870 g/mol. The largest absolute Gasteiger partial charge is 0.449 e. The molecule has 4 heterocycles. The van der Waals surface area contributed by atoms with Crippen LogP contribution in [0.2, 0.25) is 10.0 Å². The number of nitrogens with zero attached hydrogens (tertiary/aromatic N) is 6. The summed E-state index contributed by atoms with van der Waals surface area (Å²) in [5.74, 6) is 2.45. The van der Waals surface area contributed by atoms with E-state index in [1.807, 2.05) is 60.7 Å². The number of alkyl carbamates (subject to hydrolysis) is 1. The Bertz CT molecular complexity index is 2290. The van der Waals surface area contributed by atoms with Crippen molar-refractivity contribution < 1.29 is 9.53 Å². The Morgan fingerprint density at radius 1 is 0.645 bits per heavy atom. The third kappa shape index (κ3) is 11.3. The van der Waals surface area contributed by atoms with Crippen LogP contribution in [-0.4, -0.2) is 70.9 Å². The van der Waals surface area contributed by atoms with Gasteiger partial charge in [0.2, 0.25) is 11.9 Å². The maximum atomic E-state index is 13.2. The highest BCUT2D eigenvalue weighted by Crippen LogP contribution is 2.44. The lowest BCUT2D eigenvalue weighted by molar-refractivity contribution is 0.133. The number of anilines is 2. The van der Waals surface area contributed by atoms with Gasteiger partial charge < -0.3 is 25.6 Å². The van der Waals surface area contributed by atoms with Crippen molar-refractivity contribution in [2.45, 2.75) is 64.0 Å². The number of carbonyl (C=O) groups excluding carboxylic acids is 1. The van der Waals surface area contributed by atoms with E-state index in [2.05, 4.69) is 83.6 Å². The molecule has 2 aliphatic heterocycles. The highest BCUT2D eigenvalue weighted by Gasteiger charge is 2.32. The van der Waals surface area contributed by atoms with Crippen molar-refractivity contribution in [3.8, 4) is 11.1 Å². The summed E-state index contributed by atoms with van der Waals surface area (Å²) in [5.41, 5.74) is 13.6. The minimum Gasteiger partial charge on any atom is -0.449 e. The van der Waals surface area contributed by atoms with Gasteiger partial charge in [0.25, 0.3) is 0 Å². The van der Waals surface area contributed by atoms with E-state index in [9.17, 15) is 4.79 Å². The summed E-state index contributed by atoms with van der Waals surface area (Å²) in [5, 5.41) is 4.70. The molecule has 0 bridgehead atoms. The Hall–Kier alpha value is -5.55. The van der Waals surface area contributed by atoms with Gasteiger partial charge in [-0.25, -0.2) is 24.7 Å². The summed E-state index contributed by atoms with van der Waals surface area (Å²) in [6, 6.07) is 36.4. The molecule has 322 valence electrons. The van der Waals surface area contributed by atoms with Gasteiger partial charge in [-0.05, 0) is 120 Å². The van der Waals surface area contributed by atoms with Gasteiger partial charge in [-0.1, -0.05) is 103 Å². The average Bonchev–Trinajstić information content (AvgIpc) is 3.62. The molecule has 2 saturated heterocycles. The van der Waals surface area contributed by atoms with Crippen LogP contribution in [0.3, 0.4) is 0 Å². The molecule has 0 spiro atoms. The summed E-state index contributed by atoms with van der Waals surface area (Å²) in [4.78, 5) is 35.1. The summed E-state index contributed by atoms with van der Waals surface area (Å²) < 4.78 is 5.91. The Morgan fingerprint density at radius 2 is 1.11 bits per heavy atom. The van der Waals surface area contributed by atoms with Gasteiger partial charge in [0, 0.05) is 79.0 Å². The molecule has 62 heavy (non-hydrogen) atoms. The van der Waals surface area contributed by atoms with Crippen LogP contribution in [0.5, 0.6) is 0 Å². The molecular weight excluding hydrogens is 816 g/mol. The minimum atomic E-state index is -0.377. The Labute approximate surface area is 375 Å². The van der Waals surface area contributed by atoms with E-state index < -0.39 is 0 Å². The maximum Gasteiger partial charge on any atom is 0.407 e. The standard InChI is InChI=1S/C32H31ClN4O2.C17H21ClN4.CH4/c33-24-8-5-7-22(19-24)20-30(23-13-17-37(18-14-23)31-34-15-6-16-35-31)36-32(38)39-21-29-27-11-3-1-9-25(27)26-10-2-4-12-28(26)29;18-15-4-1-3-13(11-15)12-16(19)14-5-9-22(10-6-14)17-20-7-2-8-21-17;/h1-12,15-16,19,23,29-30H,13-14,17-18,20-21H2,(H,36,38);1-4,7-8,11,14,16H,5-6,9-10,12,19H2;1H4. The van der Waals surface area contributed by atoms with E-state index in [0.717, 1.165) is 80.8 Å². The quantitative estimate of drug-likeness (QED) is 0.131. The minimum absolute atomic E-state index is 0. The number of piperidine rings is 2. The number of halogens is 2. The second kappa shape index (κ2) is 21.5. The second-order valence-corrected chi connectivity index (χ2v) is 17.0. The molecule has 9 rings (SSSR count). The van der Waals surface area contributed by atoms with Crippen molar-refractivity contribution in [2.24, 2.45) is 17.6 Å². The van der Waals surface area contributed by atoms with Gasteiger partial charge in [-0.3, -0.25) is 0 Å². The molecule has 1 amide bonds. The first-order valence-electron chi connectivity index (χ1n) is 21.3. The molecule has 2 fully saturated rings. The molecule has 0 saturated carbocycles. The van der Waals surface area contributed by atoms with Crippen LogP contribution in [0.1, 0.15) is 61.3 Å². The number of hydrogen-bond donors (Lipinski definition) is 2. The fourth-order valence-corrected chi connectivity index (χ4v) is 9.51. The van der Waals surface area contributed by atoms with Gasteiger partial charge in [0.1, 0.15) is 6.61 Å². The van der Waals surface area contributed by atoms with Crippen LogP contribution in [0.4, 0.5) is 16.7 Å². The van der Waals surface area contributed by atoms with E-state index >= 15 is 0 Å². The predicted octanol–water partition coefficient (Wildman–Crippen LogP) is 10.0. The van der Waals surface area contributed by atoms with Crippen LogP contribution in [0.15, 0.2) is 134 Å². The van der Waals surface area contributed by atoms with Crippen molar-refractivity contribution in [1.82, 2.24) is 25.3 Å². The van der Waals surface area contributed by atoms with Crippen LogP contribution >= 0.6 is 23.2 Å². The number of rotatable bonds is 11. The number of ether oxygens (including phenoxy) is 1. The van der Waals surface area contributed by atoms with Gasteiger partial charge in [0.05, 0.1) is 0 Å². The van der Waals surface area contributed by atoms with Crippen LogP contribution < -0.4 is 20.9 Å². The molecular formula is C50H56Cl2N8O2. The van der Waals surface area contributed by atoms with Crippen molar-refractivity contribution in [1.29, 1.82) is 0 Å². The summed E-state index contributed by atoms with van der Waals surface area (Å²) in [6.45, 7) is 3.92. The number of hydrogen-bond acceptors (Lipinski definition) is 9. The van der Waals surface area contributed by atoms with Gasteiger partial charge >= 0.3 is 6.09 Å². The Balaban J connectivity index is 0.000000214. The molecule has 2 atom stereocenters. The Morgan fingerprint density at radius 3 is 1.61 bits per heavy atom. The molecule has 4 aromatic carbocycles. The zero-order valence-electron chi connectivity index (χ0n) is 34.2. The zero-order chi connectivity index (χ0) is 42.0. The predicted molar refractivity (Wildman–Crippen MR) is 251 cm³/mol. The number of aromatic nitrogens is 4. The molecule has 3 aliphatic rings. The fourth-order valence-electron chi connectivity index (χ4n) is 9.09. The van der Waals surface area contributed by atoms with E-state index in [4.69, 9.17) is 33.7 Å². The Kier molecular flexibility index (Phi) is 15.4. The lowest BCUT2D eigenvalue weighted by Crippen LogP contribution is -2.47. The van der Waals surface area contributed by atoms with E-state index in [1.165, 1.54) is 27.8 Å². The summed E-state index contributed by atoms with van der Waals surface area (Å²) >= 11 is 12.3. The molecule has 3 N–H and O–H groups in total. The van der Waals surface area contributed by atoms with E-state index in [-0.39, 0.29) is 31.5 Å². The second-order valence-electron chi connectivity index (χ2n) is 16.2. The lowest BCUT2D eigenvalue weighted by Gasteiger charge is -2.36. The molecule has 2 unspecified atom stereocenters. The summed E-state index contributed by atoms with van der Waals surface area (Å²) in [7, 11) is 0. The van der Waals surface area contributed by atoms with Crippen LogP contribution in [-0.2, 0) is 17.6 Å². The molecule has 12 heteroatoms. The molecule has 2 aromatic heterocycles. The highest BCUT2D eigenvalue weighted by molar-refractivity contribution is 6.30. The third-order valence-electron chi connectivity index (χ3n) is 12.3. The van der Waals surface area contributed by atoms with Gasteiger partial charge in [-0.15, -0.1) is 0 Å². The van der Waals surface area contributed by atoms with Crippen molar-refractivity contribution in [3.05, 3.63) is 166 Å². The number of fused-ring (bicyclic) bond motifs is 3. The molecule has 6 aromatic rings. The number of nitrogens with one attached hydrogen (secondary N) is 1. The normalized spacial score (nSPS) is 16.2. The van der Waals surface area contributed by atoms with E-state index in [0.29, 0.717) is 29.9 Å². The molecule has 0 radical (unpaired) electrons. The average molecular weight is 872 g/mol. The highest BCUT2D eigenvalue weighted by atomic mass is 35.5. The fraction of sp³-hybridized carbons (Fsp3) is 0.340. The number of benzene rings is 4. The number of carbonyl (C=O) groups is 1. The van der Waals surface area contributed by atoms with Gasteiger partial charge in [-0.2, -0.15) is 0 Å². The van der Waals surface area contributed by atoms with E-state index in [1.54, 1.807) is 24.8 Å². The number of nitrogens with two attached hydrogens (primary N) is 1. The first-order valence-corrected chi connectivity index (χ1v) is 22.0. The maximum absolute atomic E-state index is 13.2. The van der Waals surface area contributed by atoms with Gasteiger partial charge in [0.15, 0.2) is 0 Å². The first-order chi connectivity index (χ1) is 29.9. The lowest BCUT2D eigenvalue weighted by atomic mass is 9.86. The van der Waals surface area contributed by atoms with Crippen LogP contribution in [0, 0.1) is 11.8 Å². The molecule has 1 aliphatic carbocycles. The van der Waals surface area contributed by atoms with Crippen molar-refractivity contribution >= 4 is 41.2 Å². The third-order valence-corrected chi connectivity index (χ3v) is 12.7. The topological polar surface area (TPSA) is 122 Å². The van der Waals surface area contributed by atoms with Crippen molar-refractivity contribution in [2.75, 3.05) is 42.6 Å².